The molecule has 0 amide bonds. The van der Waals surface area contributed by atoms with Gasteiger partial charge in [-0.15, -0.1) is 0 Å². The van der Waals surface area contributed by atoms with Gasteiger partial charge in [0.05, 0.1) is 0 Å². The lowest BCUT2D eigenvalue weighted by atomic mass is 10.2. The van der Waals surface area contributed by atoms with Crippen LogP contribution in [-0.4, -0.2) is 4.98 Å². The number of anilines is 1. The van der Waals surface area contributed by atoms with Gasteiger partial charge >= 0.3 is 0 Å². The first-order chi connectivity index (χ1) is 8.83. The van der Waals surface area contributed by atoms with Crippen LogP contribution in [-0.2, 0) is 6.54 Å². The Hall–Kier alpha value is -1.49. The Labute approximate surface area is 120 Å². The predicted octanol–water partition coefficient (Wildman–Crippen LogP) is 4.38. The second-order valence-corrected chi connectivity index (χ2v) is 5.47. The van der Waals surface area contributed by atoms with Gasteiger partial charge in [0.25, 0.3) is 0 Å². The molecule has 3 heteroatoms. The van der Waals surface area contributed by atoms with Gasteiger partial charge in [-0.1, -0.05) is 24.3 Å². The maximum Gasteiger partial charge on any atom is 0.0457 e. The molecule has 90 valence electrons. The maximum absolute atomic E-state index is 3.46. The van der Waals surface area contributed by atoms with Crippen molar-refractivity contribution in [3.05, 3.63) is 63.9 Å². The number of aromatic amines is 1. The molecule has 1 aromatic heterocycles. The van der Waals surface area contributed by atoms with Crippen LogP contribution in [0, 0.1) is 3.57 Å². The number of rotatable bonds is 3. The fraction of sp³-hybridized carbons (Fsp3) is 0.0667. The van der Waals surface area contributed by atoms with Crippen LogP contribution in [0.5, 0.6) is 0 Å². The molecule has 2 aromatic carbocycles. The molecular formula is C15H13IN2. The van der Waals surface area contributed by atoms with Crippen molar-refractivity contribution in [1.29, 1.82) is 0 Å². The smallest absolute Gasteiger partial charge is 0.0457 e. The van der Waals surface area contributed by atoms with E-state index in [1.165, 1.54) is 20.0 Å². The first kappa shape index (κ1) is 11.6. The van der Waals surface area contributed by atoms with Crippen LogP contribution in [0.3, 0.4) is 0 Å². The SMILES string of the molecule is Ic1cccc(NCc2c[nH]c3ccccc23)c1. The minimum absolute atomic E-state index is 0.837. The summed E-state index contributed by atoms with van der Waals surface area (Å²) in [5.41, 5.74) is 3.65. The van der Waals surface area contributed by atoms with E-state index in [9.17, 15) is 0 Å². The summed E-state index contributed by atoms with van der Waals surface area (Å²) in [6.07, 6.45) is 2.07. The number of halogens is 1. The molecule has 0 saturated carbocycles. The maximum atomic E-state index is 3.46. The Morgan fingerprint density at radius 1 is 1.06 bits per heavy atom. The summed E-state index contributed by atoms with van der Waals surface area (Å²) >= 11 is 2.33. The molecule has 18 heavy (non-hydrogen) atoms. The van der Waals surface area contributed by atoms with Crippen molar-refractivity contribution in [2.24, 2.45) is 0 Å². The van der Waals surface area contributed by atoms with Gasteiger partial charge in [-0.25, -0.2) is 0 Å². The molecule has 0 fully saturated rings. The summed E-state index contributed by atoms with van der Waals surface area (Å²) in [6, 6.07) is 16.8. The number of hydrogen-bond donors (Lipinski definition) is 2. The molecule has 0 bridgehead atoms. The lowest BCUT2D eigenvalue weighted by molar-refractivity contribution is 1.16. The van der Waals surface area contributed by atoms with E-state index in [0.29, 0.717) is 0 Å². The molecule has 1 heterocycles. The Kier molecular flexibility index (Phi) is 3.23. The summed E-state index contributed by atoms with van der Waals surface area (Å²) < 4.78 is 1.25. The van der Waals surface area contributed by atoms with E-state index in [4.69, 9.17) is 0 Å². The first-order valence-corrected chi connectivity index (χ1v) is 6.95. The monoisotopic (exact) mass is 348 g/mol. The third-order valence-corrected chi connectivity index (χ3v) is 3.65. The average Bonchev–Trinajstić information content (AvgIpc) is 2.80. The van der Waals surface area contributed by atoms with Crippen molar-refractivity contribution in [2.45, 2.75) is 6.54 Å². The Bertz CT molecular complexity index is 673. The number of para-hydroxylation sites is 1. The molecule has 0 aliphatic carbocycles. The summed E-state index contributed by atoms with van der Waals surface area (Å²) in [7, 11) is 0. The summed E-state index contributed by atoms with van der Waals surface area (Å²) in [5.74, 6) is 0. The normalized spacial score (nSPS) is 10.7. The van der Waals surface area contributed by atoms with Gasteiger partial charge in [0.2, 0.25) is 0 Å². The molecule has 3 aromatic rings. The topological polar surface area (TPSA) is 27.8 Å². The zero-order valence-electron chi connectivity index (χ0n) is 9.78. The highest BCUT2D eigenvalue weighted by Gasteiger charge is 2.02. The fourth-order valence-corrected chi connectivity index (χ4v) is 2.62. The van der Waals surface area contributed by atoms with Gasteiger partial charge in [-0.05, 0) is 52.4 Å². The second-order valence-electron chi connectivity index (χ2n) is 4.22. The van der Waals surface area contributed by atoms with Gasteiger partial charge in [0, 0.05) is 32.9 Å². The molecule has 0 unspecified atom stereocenters. The summed E-state index contributed by atoms with van der Waals surface area (Å²) in [4.78, 5) is 3.29. The Morgan fingerprint density at radius 3 is 2.83 bits per heavy atom. The molecule has 0 atom stereocenters. The number of fused-ring (bicyclic) bond motifs is 1. The highest BCUT2D eigenvalue weighted by Crippen LogP contribution is 2.19. The van der Waals surface area contributed by atoms with Crippen molar-refractivity contribution in [1.82, 2.24) is 4.98 Å². The Balaban J connectivity index is 1.81. The zero-order valence-corrected chi connectivity index (χ0v) is 11.9. The van der Waals surface area contributed by atoms with E-state index in [1.807, 2.05) is 0 Å². The first-order valence-electron chi connectivity index (χ1n) is 5.87. The largest absolute Gasteiger partial charge is 0.381 e. The standard InChI is InChI=1S/C15H13IN2/c16-12-4-3-5-13(8-12)17-9-11-10-18-15-7-2-1-6-14(11)15/h1-8,10,17-18H,9H2. The molecule has 0 aliphatic heterocycles. The third kappa shape index (κ3) is 2.36. The second kappa shape index (κ2) is 5.02. The summed E-state index contributed by atoms with van der Waals surface area (Å²) in [5, 5.41) is 4.74. The molecule has 0 aliphatic rings. The van der Waals surface area contributed by atoms with Crippen LogP contribution in [0.15, 0.2) is 54.7 Å². The van der Waals surface area contributed by atoms with Crippen LogP contribution < -0.4 is 5.32 Å². The van der Waals surface area contributed by atoms with Gasteiger partial charge in [-0.3, -0.25) is 0 Å². The summed E-state index contributed by atoms with van der Waals surface area (Å²) in [6.45, 7) is 0.837. The van der Waals surface area contributed by atoms with Crippen molar-refractivity contribution in [3.8, 4) is 0 Å². The van der Waals surface area contributed by atoms with Crippen molar-refractivity contribution >= 4 is 39.2 Å². The van der Waals surface area contributed by atoms with Crippen LogP contribution in [0.25, 0.3) is 10.9 Å². The molecule has 0 spiro atoms. The highest BCUT2D eigenvalue weighted by atomic mass is 127. The van der Waals surface area contributed by atoms with Crippen LogP contribution in [0.1, 0.15) is 5.56 Å². The number of hydrogen-bond acceptors (Lipinski definition) is 1. The van der Waals surface area contributed by atoms with Gasteiger partial charge in [0.15, 0.2) is 0 Å². The number of benzene rings is 2. The number of aromatic nitrogens is 1. The lowest BCUT2D eigenvalue weighted by Gasteiger charge is -2.05. The van der Waals surface area contributed by atoms with E-state index in [0.717, 1.165) is 12.2 Å². The fourth-order valence-electron chi connectivity index (χ4n) is 2.07. The lowest BCUT2D eigenvalue weighted by Crippen LogP contribution is -1.98. The van der Waals surface area contributed by atoms with Gasteiger partial charge in [-0.2, -0.15) is 0 Å². The molecule has 0 saturated heterocycles. The van der Waals surface area contributed by atoms with E-state index < -0.39 is 0 Å². The Morgan fingerprint density at radius 2 is 1.94 bits per heavy atom. The van der Waals surface area contributed by atoms with Crippen molar-refractivity contribution in [2.75, 3.05) is 5.32 Å². The van der Waals surface area contributed by atoms with Gasteiger partial charge < -0.3 is 10.3 Å². The van der Waals surface area contributed by atoms with Crippen molar-refractivity contribution < 1.29 is 0 Å². The van der Waals surface area contributed by atoms with Crippen LogP contribution in [0.2, 0.25) is 0 Å². The molecular weight excluding hydrogens is 335 g/mol. The third-order valence-electron chi connectivity index (χ3n) is 2.98. The van der Waals surface area contributed by atoms with Crippen LogP contribution in [0.4, 0.5) is 5.69 Å². The van der Waals surface area contributed by atoms with Crippen molar-refractivity contribution in [3.63, 3.8) is 0 Å². The minimum Gasteiger partial charge on any atom is -0.381 e. The average molecular weight is 348 g/mol. The molecule has 3 rings (SSSR count). The van der Waals surface area contributed by atoms with Crippen LogP contribution >= 0.6 is 22.6 Å². The van der Waals surface area contributed by atoms with E-state index >= 15 is 0 Å². The minimum atomic E-state index is 0.837. The quantitative estimate of drug-likeness (QED) is 0.676. The number of H-pyrrole nitrogens is 1. The molecule has 2 nitrogen and oxygen atoms in total. The van der Waals surface area contributed by atoms with E-state index in [-0.39, 0.29) is 0 Å². The zero-order chi connectivity index (χ0) is 12.4. The highest BCUT2D eigenvalue weighted by molar-refractivity contribution is 14.1. The van der Waals surface area contributed by atoms with Gasteiger partial charge in [0.1, 0.15) is 0 Å². The predicted molar refractivity (Wildman–Crippen MR) is 84.8 cm³/mol. The van der Waals surface area contributed by atoms with E-state index in [1.54, 1.807) is 0 Å². The number of nitrogens with one attached hydrogen (secondary N) is 2. The molecule has 0 radical (unpaired) electrons. The molecule has 2 N–H and O–H groups in total. The van der Waals surface area contributed by atoms with E-state index in [2.05, 4.69) is 87.6 Å².